The highest BCUT2D eigenvalue weighted by Crippen LogP contribution is 2.38. The summed E-state index contributed by atoms with van der Waals surface area (Å²) in [7, 11) is -3.15. The van der Waals surface area contributed by atoms with Crippen molar-refractivity contribution in [3.8, 4) is 5.75 Å². The van der Waals surface area contributed by atoms with Gasteiger partial charge in [-0.1, -0.05) is 29.8 Å². The zero-order chi connectivity index (χ0) is 29.3. The van der Waals surface area contributed by atoms with Crippen molar-refractivity contribution in [1.29, 1.82) is 0 Å². The lowest BCUT2D eigenvalue weighted by atomic mass is 10.1. The van der Waals surface area contributed by atoms with Gasteiger partial charge in [-0.05, 0) is 55.8 Å². The van der Waals surface area contributed by atoms with E-state index in [1.54, 1.807) is 31.2 Å². The zero-order valence-corrected chi connectivity index (χ0v) is 23.5. The standard InChI is InChI=1S/C28H29ClF2N2O6S/c1-19(23-6-3-4-7-26(23)39-17-5-16-32-27(34)14-15-28(35)38-2)33(25-18-21(30)10-13-24(25)31)40(36,37)22-11-8-20(29)9-12-22/h3-4,6-13,18-19H,5,14-17H2,1-2H3,(H,32,34). The van der Waals surface area contributed by atoms with Crippen LogP contribution in [-0.4, -0.2) is 40.6 Å². The summed E-state index contributed by atoms with van der Waals surface area (Å²) in [6.45, 7) is 1.99. The number of carbonyl (C=O) groups is 2. The van der Waals surface area contributed by atoms with Crippen molar-refractivity contribution in [1.82, 2.24) is 5.32 Å². The first-order valence-electron chi connectivity index (χ1n) is 12.3. The average molecular weight is 595 g/mol. The van der Waals surface area contributed by atoms with Crippen LogP contribution in [0.5, 0.6) is 5.75 Å². The highest BCUT2D eigenvalue weighted by Gasteiger charge is 2.34. The molecule has 0 saturated carbocycles. The van der Waals surface area contributed by atoms with Gasteiger partial charge in [0.1, 0.15) is 17.4 Å². The monoisotopic (exact) mass is 594 g/mol. The molecule has 0 aliphatic carbocycles. The Morgan fingerprint density at radius 2 is 1.73 bits per heavy atom. The number of methoxy groups -OCH3 is 1. The summed E-state index contributed by atoms with van der Waals surface area (Å²) < 4.78 is 68.0. The van der Waals surface area contributed by atoms with Gasteiger partial charge in [0.05, 0.1) is 36.8 Å². The second-order valence-corrected chi connectivity index (χ2v) is 10.9. The molecule has 0 saturated heterocycles. The number of nitrogens with zero attached hydrogens (tertiary/aromatic N) is 1. The molecule has 3 aromatic carbocycles. The first-order chi connectivity index (χ1) is 19.0. The number of sulfonamides is 1. The van der Waals surface area contributed by atoms with E-state index in [9.17, 15) is 26.8 Å². The van der Waals surface area contributed by atoms with E-state index in [2.05, 4.69) is 10.1 Å². The SMILES string of the molecule is COC(=O)CCC(=O)NCCCOc1ccccc1C(C)N(c1cc(F)ccc1F)S(=O)(=O)c1ccc(Cl)cc1. The van der Waals surface area contributed by atoms with Crippen LogP contribution in [0.1, 0.15) is 37.8 Å². The van der Waals surface area contributed by atoms with E-state index < -0.39 is 39.4 Å². The highest BCUT2D eigenvalue weighted by atomic mass is 35.5. The fraction of sp³-hybridized carbons (Fsp3) is 0.286. The number of ether oxygens (including phenoxy) is 2. The Morgan fingerprint density at radius 1 is 1.02 bits per heavy atom. The molecule has 1 N–H and O–H groups in total. The molecule has 1 amide bonds. The third kappa shape index (κ3) is 7.92. The summed E-state index contributed by atoms with van der Waals surface area (Å²) in [5.74, 6) is -2.18. The van der Waals surface area contributed by atoms with Crippen LogP contribution in [0.15, 0.2) is 71.6 Å². The molecule has 12 heteroatoms. The van der Waals surface area contributed by atoms with Crippen molar-refractivity contribution in [2.24, 2.45) is 0 Å². The smallest absolute Gasteiger partial charge is 0.306 e. The number of hydrogen-bond acceptors (Lipinski definition) is 6. The molecule has 0 bridgehead atoms. The number of carbonyl (C=O) groups excluding carboxylic acids is 2. The predicted octanol–water partition coefficient (Wildman–Crippen LogP) is 5.41. The van der Waals surface area contributed by atoms with E-state index >= 15 is 0 Å². The number of hydrogen-bond donors (Lipinski definition) is 1. The molecule has 214 valence electrons. The maximum absolute atomic E-state index is 15.0. The quantitative estimate of drug-likeness (QED) is 0.210. The molecule has 0 fully saturated rings. The Kier molecular flexibility index (Phi) is 10.9. The largest absolute Gasteiger partial charge is 0.493 e. The first kappa shape index (κ1) is 30.8. The summed E-state index contributed by atoms with van der Waals surface area (Å²) in [4.78, 5) is 22.8. The third-order valence-corrected chi connectivity index (χ3v) is 8.07. The normalized spacial score (nSPS) is 11.9. The minimum absolute atomic E-state index is 0.00243. The van der Waals surface area contributed by atoms with Gasteiger partial charge < -0.3 is 14.8 Å². The fourth-order valence-electron chi connectivity index (χ4n) is 3.89. The number of anilines is 1. The molecule has 0 aliphatic heterocycles. The van der Waals surface area contributed by atoms with Crippen LogP contribution in [-0.2, 0) is 24.3 Å². The van der Waals surface area contributed by atoms with E-state index in [1.807, 2.05) is 0 Å². The lowest BCUT2D eigenvalue weighted by Gasteiger charge is -2.32. The molecule has 3 aromatic rings. The van der Waals surface area contributed by atoms with Crippen molar-refractivity contribution in [2.75, 3.05) is 24.6 Å². The summed E-state index contributed by atoms with van der Waals surface area (Å²) >= 11 is 5.93. The Morgan fingerprint density at radius 3 is 2.42 bits per heavy atom. The van der Waals surface area contributed by atoms with Gasteiger partial charge in [0, 0.05) is 29.6 Å². The Balaban J connectivity index is 1.82. The maximum atomic E-state index is 15.0. The Bertz CT molecular complexity index is 1440. The van der Waals surface area contributed by atoms with Crippen molar-refractivity contribution >= 4 is 39.2 Å². The molecule has 0 aliphatic rings. The second-order valence-electron chi connectivity index (χ2n) is 8.69. The van der Waals surface area contributed by atoms with Gasteiger partial charge in [-0.25, -0.2) is 17.2 Å². The van der Waals surface area contributed by atoms with Crippen LogP contribution in [0.4, 0.5) is 14.5 Å². The van der Waals surface area contributed by atoms with Crippen molar-refractivity contribution < 1.29 is 36.3 Å². The van der Waals surface area contributed by atoms with Gasteiger partial charge in [-0.3, -0.25) is 13.9 Å². The highest BCUT2D eigenvalue weighted by molar-refractivity contribution is 7.92. The minimum Gasteiger partial charge on any atom is -0.493 e. The van der Waals surface area contributed by atoms with Gasteiger partial charge >= 0.3 is 5.97 Å². The van der Waals surface area contributed by atoms with Crippen LogP contribution in [0, 0.1) is 11.6 Å². The average Bonchev–Trinajstić information content (AvgIpc) is 2.93. The van der Waals surface area contributed by atoms with Crippen molar-refractivity contribution in [3.05, 3.63) is 89.0 Å². The topological polar surface area (TPSA) is 102 Å². The van der Waals surface area contributed by atoms with E-state index in [0.717, 1.165) is 22.5 Å². The number of para-hydroxylation sites is 1. The molecule has 0 spiro atoms. The van der Waals surface area contributed by atoms with Gasteiger partial charge in [-0.15, -0.1) is 0 Å². The van der Waals surface area contributed by atoms with Gasteiger partial charge in [0.25, 0.3) is 10.0 Å². The summed E-state index contributed by atoms with van der Waals surface area (Å²) in [6.07, 6.45) is 0.395. The van der Waals surface area contributed by atoms with Crippen LogP contribution >= 0.6 is 11.6 Å². The molecule has 1 unspecified atom stereocenters. The predicted molar refractivity (Wildman–Crippen MR) is 147 cm³/mol. The number of benzene rings is 3. The first-order valence-corrected chi connectivity index (χ1v) is 14.2. The van der Waals surface area contributed by atoms with Crippen LogP contribution < -0.4 is 14.4 Å². The van der Waals surface area contributed by atoms with Crippen LogP contribution in [0.25, 0.3) is 0 Å². The molecule has 40 heavy (non-hydrogen) atoms. The fourth-order valence-corrected chi connectivity index (χ4v) is 5.65. The van der Waals surface area contributed by atoms with Gasteiger partial charge in [0.2, 0.25) is 5.91 Å². The number of rotatable bonds is 13. The molecule has 1 atom stereocenters. The number of halogens is 3. The molecule has 0 heterocycles. The van der Waals surface area contributed by atoms with E-state index in [0.29, 0.717) is 22.8 Å². The number of nitrogens with one attached hydrogen (secondary N) is 1. The van der Waals surface area contributed by atoms with E-state index in [-0.39, 0.29) is 36.8 Å². The maximum Gasteiger partial charge on any atom is 0.306 e. The number of amides is 1. The molecule has 3 rings (SSSR count). The van der Waals surface area contributed by atoms with Crippen LogP contribution in [0.2, 0.25) is 5.02 Å². The lowest BCUT2D eigenvalue weighted by Crippen LogP contribution is -2.34. The minimum atomic E-state index is -4.39. The summed E-state index contributed by atoms with van der Waals surface area (Å²) in [5.41, 5.74) is -0.0577. The van der Waals surface area contributed by atoms with Crippen molar-refractivity contribution in [3.63, 3.8) is 0 Å². The lowest BCUT2D eigenvalue weighted by molar-refractivity contribution is -0.142. The Labute approximate surface area is 236 Å². The van der Waals surface area contributed by atoms with Gasteiger partial charge in [-0.2, -0.15) is 0 Å². The number of esters is 1. The zero-order valence-electron chi connectivity index (χ0n) is 21.9. The van der Waals surface area contributed by atoms with Crippen molar-refractivity contribution in [2.45, 2.75) is 37.1 Å². The van der Waals surface area contributed by atoms with E-state index in [1.165, 1.54) is 31.4 Å². The molecule has 0 aromatic heterocycles. The van der Waals surface area contributed by atoms with Gasteiger partial charge in [0.15, 0.2) is 0 Å². The Hall–Kier alpha value is -3.70. The third-order valence-electron chi connectivity index (χ3n) is 5.92. The molecule has 8 nitrogen and oxygen atoms in total. The summed E-state index contributed by atoms with van der Waals surface area (Å²) in [5, 5.41) is 2.99. The van der Waals surface area contributed by atoms with E-state index in [4.69, 9.17) is 16.3 Å². The molecular formula is C28H29ClF2N2O6S. The summed E-state index contributed by atoms with van der Waals surface area (Å²) in [6, 6.07) is 13.6. The van der Waals surface area contributed by atoms with Crippen LogP contribution in [0.3, 0.4) is 0 Å². The second kappa shape index (κ2) is 14.1. The molecule has 0 radical (unpaired) electrons. The molecular weight excluding hydrogens is 566 g/mol.